The van der Waals surface area contributed by atoms with Crippen molar-refractivity contribution in [3.63, 3.8) is 0 Å². The predicted octanol–water partition coefficient (Wildman–Crippen LogP) is 4.47. The molecule has 0 aliphatic heterocycles. The fourth-order valence-corrected chi connectivity index (χ4v) is 2.87. The number of nitrogens with one attached hydrogen (secondary N) is 1. The summed E-state index contributed by atoms with van der Waals surface area (Å²) in [5.74, 6) is 1.63. The second-order valence-electron chi connectivity index (χ2n) is 5.84. The minimum absolute atomic E-state index is 0.0821. The van der Waals surface area contributed by atoms with Gasteiger partial charge in [-0.2, -0.15) is 0 Å². The van der Waals surface area contributed by atoms with Crippen molar-refractivity contribution in [2.24, 2.45) is 0 Å². The Bertz CT molecular complexity index is 603. The minimum Gasteiger partial charge on any atom is -0.361 e. The summed E-state index contributed by atoms with van der Waals surface area (Å²) in [5.41, 5.74) is 0.971. The maximum absolute atomic E-state index is 4.60. The fourth-order valence-electron chi connectivity index (χ4n) is 1.68. The highest BCUT2D eigenvalue weighted by Gasteiger charge is 2.19. The number of nitrogens with zero attached hydrogens (tertiary/aromatic N) is 3. The number of rotatable bonds is 3. The van der Waals surface area contributed by atoms with Gasteiger partial charge in [0.05, 0.1) is 6.04 Å². The molecule has 0 aliphatic carbocycles. The predicted molar refractivity (Wildman–Crippen MR) is 87.3 cm³/mol. The minimum atomic E-state index is -0.0821. The number of anilines is 1. The Labute approximate surface area is 132 Å². The molecule has 2 rings (SSSR count). The van der Waals surface area contributed by atoms with E-state index in [-0.39, 0.29) is 11.5 Å². The first-order valence-corrected chi connectivity index (χ1v) is 8.16. The molecule has 0 bridgehead atoms. The van der Waals surface area contributed by atoms with Gasteiger partial charge in [-0.05, 0) is 29.8 Å². The lowest BCUT2D eigenvalue weighted by atomic mass is 9.96. The van der Waals surface area contributed by atoms with E-state index >= 15 is 0 Å². The molecule has 1 unspecified atom stereocenters. The highest BCUT2D eigenvalue weighted by atomic mass is 79.9. The van der Waals surface area contributed by atoms with Crippen LogP contribution in [0.5, 0.6) is 0 Å². The summed E-state index contributed by atoms with van der Waals surface area (Å²) in [4.78, 5) is 13.5. The van der Waals surface area contributed by atoms with Gasteiger partial charge in [-0.25, -0.2) is 15.0 Å². The molecule has 2 aromatic rings. The highest BCUT2D eigenvalue weighted by Crippen LogP contribution is 2.25. The summed E-state index contributed by atoms with van der Waals surface area (Å²) in [6, 6.07) is 2.02. The summed E-state index contributed by atoms with van der Waals surface area (Å²) in [6.45, 7) is 10.4. The number of thiazole rings is 1. The van der Waals surface area contributed by atoms with Crippen LogP contribution in [0.15, 0.2) is 16.0 Å². The van der Waals surface area contributed by atoms with Gasteiger partial charge >= 0.3 is 0 Å². The molecule has 108 valence electrons. The van der Waals surface area contributed by atoms with Gasteiger partial charge in [0, 0.05) is 22.6 Å². The normalized spacial score (nSPS) is 13.3. The molecule has 20 heavy (non-hydrogen) atoms. The third-order valence-electron chi connectivity index (χ3n) is 2.74. The molecule has 2 heterocycles. The van der Waals surface area contributed by atoms with E-state index in [9.17, 15) is 0 Å². The Morgan fingerprint density at radius 3 is 2.50 bits per heavy atom. The largest absolute Gasteiger partial charge is 0.361 e. The van der Waals surface area contributed by atoms with Crippen LogP contribution < -0.4 is 5.32 Å². The Kier molecular flexibility index (Phi) is 4.44. The zero-order valence-electron chi connectivity index (χ0n) is 12.4. The molecule has 0 radical (unpaired) electrons. The Morgan fingerprint density at radius 2 is 1.95 bits per heavy atom. The van der Waals surface area contributed by atoms with E-state index in [1.165, 1.54) is 0 Å². The third-order valence-corrected chi connectivity index (χ3v) is 4.29. The van der Waals surface area contributed by atoms with Gasteiger partial charge in [-0.1, -0.05) is 20.8 Å². The second-order valence-corrected chi connectivity index (χ2v) is 7.54. The van der Waals surface area contributed by atoms with Gasteiger partial charge in [-0.15, -0.1) is 11.3 Å². The van der Waals surface area contributed by atoms with Crippen LogP contribution in [0, 0.1) is 6.92 Å². The molecule has 1 atom stereocenters. The second kappa shape index (κ2) is 5.77. The number of hydrogen-bond donors (Lipinski definition) is 1. The lowest BCUT2D eigenvalue weighted by Crippen LogP contribution is -2.18. The van der Waals surface area contributed by atoms with Gasteiger partial charge in [0.1, 0.15) is 21.3 Å². The first-order chi connectivity index (χ1) is 9.25. The maximum atomic E-state index is 4.60. The van der Waals surface area contributed by atoms with E-state index < -0.39 is 0 Å². The van der Waals surface area contributed by atoms with Crippen molar-refractivity contribution in [1.82, 2.24) is 15.0 Å². The van der Waals surface area contributed by atoms with Gasteiger partial charge in [0.25, 0.3) is 0 Å². The van der Waals surface area contributed by atoms with Crippen LogP contribution in [0.25, 0.3) is 0 Å². The molecule has 0 fully saturated rings. The van der Waals surface area contributed by atoms with E-state index in [2.05, 4.69) is 69.3 Å². The molecule has 4 nitrogen and oxygen atoms in total. The molecule has 0 aromatic carbocycles. The molecule has 0 aliphatic rings. The monoisotopic (exact) mass is 354 g/mol. The van der Waals surface area contributed by atoms with Gasteiger partial charge < -0.3 is 5.32 Å². The van der Waals surface area contributed by atoms with E-state index in [0.717, 1.165) is 26.9 Å². The van der Waals surface area contributed by atoms with Crippen molar-refractivity contribution in [3.8, 4) is 0 Å². The van der Waals surface area contributed by atoms with Crippen LogP contribution in [-0.4, -0.2) is 15.0 Å². The van der Waals surface area contributed by atoms with Crippen molar-refractivity contribution in [2.45, 2.75) is 46.1 Å². The summed E-state index contributed by atoms with van der Waals surface area (Å²) < 4.78 is 0.794. The average molecular weight is 355 g/mol. The van der Waals surface area contributed by atoms with Crippen molar-refractivity contribution in [2.75, 3.05) is 5.32 Å². The van der Waals surface area contributed by atoms with E-state index in [4.69, 9.17) is 0 Å². The first kappa shape index (κ1) is 15.4. The van der Waals surface area contributed by atoms with E-state index in [1.807, 2.05) is 13.0 Å². The maximum Gasteiger partial charge on any atom is 0.137 e. The molecule has 6 heteroatoms. The SMILES string of the molecule is Cc1csc(C(C)Nc2cc(Br)nc(C(C)(C)C)n2)n1. The van der Waals surface area contributed by atoms with Gasteiger partial charge in [0.15, 0.2) is 0 Å². The molecule has 0 amide bonds. The van der Waals surface area contributed by atoms with Crippen molar-refractivity contribution in [1.29, 1.82) is 0 Å². The summed E-state index contributed by atoms with van der Waals surface area (Å²) in [5, 5.41) is 6.52. The molecule has 0 spiro atoms. The number of aryl methyl sites for hydroxylation is 1. The summed E-state index contributed by atoms with van der Waals surface area (Å²) >= 11 is 5.11. The topological polar surface area (TPSA) is 50.7 Å². The molecule has 2 aromatic heterocycles. The first-order valence-electron chi connectivity index (χ1n) is 6.49. The molecular weight excluding hydrogens is 336 g/mol. The number of hydrogen-bond acceptors (Lipinski definition) is 5. The van der Waals surface area contributed by atoms with Crippen LogP contribution in [-0.2, 0) is 5.41 Å². The van der Waals surface area contributed by atoms with Gasteiger partial charge in [0.2, 0.25) is 0 Å². The molecule has 1 N–H and O–H groups in total. The molecular formula is C14H19BrN4S. The summed E-state index contributed by atoms with van der Waals surface area (Å²) in [7, 11) is 0. The van der Waals surface area contributed by atoms with E-state index in [0.29, 0.717) is 0 Å². The van der Waals surface area contributed by atoms with Crippen LogP contribution in [0.1, 0.15) is 50.3 Å². The summed E-state index contributed by atoms with van der Waals surface area (Å²) in [6.07, 6.45) is 0. The van der Waals surface area contributed by atoms with Crippen molar-refractivity contribution >= 4 is 33.1 Å². The fraction of sp³-hybridized carbons (Fsp3) is 0.500. The van der Waals surface area contributed by atoms with Crippen molar-refractivity contribution < 1.29 is 0 Å². The number of halogens is 1. The van der Waals surface area contributed by atoms with Gasteiger partial charge in [-0.3, -0.25) is 0 Å². The Morgan fingerprint density at radius 1 is 1.25 bits per heavy atom. The lowest BCUT2D eigenvalue weighted by molar-refractivity contribution is 0.544. The van der Waals surface area contributed by atoms with E-state index in [1.54, 1.807) is 11.3 Å². The third kappa shape index (κ3) is 3.76. The standard InChI is InChI=1S/C14H19BrN4S/c1-8-7-20-12(16-8)9(2)17-11-6-10(15)18-13(19-11)14(3,4)5/h6-7,9H,1-5H3,(H,17,18,19). The zero-order valence-corrected chi connectivity index (χ0v) is 14.8. The van der Waals surface area contributed by atoms with Crippen molar-refractivity contribution in [3.05, 3.63) is 32.6 Å². The molecule has 0 saturated heterocycles. The van der Waals surface area contributed by atoms with Crippen LogP contribution >= 0.6 is 27.3 Å². The van der Waals surface area contributed by atoms with Crippen LogP contribution in [0.3, 0.4) is 0 Å². The Hall–Kier alpha value is -1.01. The smallest absolute Gasteiger partial charge is 0.137 e. The average Bonchev–Trinajstić information content (AvgIpc) is 2.74. The van der Waals surface area contributed by atoms with Crippen LogP contribution in [0.2, 0.25) is 0 Å². The lowest BCUT2D eigenvalue weighted by Gasteiger charge is -2.19. The zero-order chi connectivity index (χ0) is 14.9. The Balaban J connectivity index is 2.23. The quantitative estimate of drug-likeness (QED) is 0.825. The molecule has 0 saturated carbocycles. The van der Waals surface area contributed by atoms with Crippen LogP contribution in [0.4, 0.5) is 5.82 Å². The highest BCUT2D eigenvalue weighted by molar-refractivity contribution is 9.10. The number of aromatic nitrogens is 3.